The van der Waals surface area contributed by atoms with Crippen molar-refractivity contribution in [3.8, 4) is 0 Å². The van der Waals surface area contributed by atoms with Crippen LogP contribution in [0, 0.1) is 5.82 Å². The lowest BCUT2D eigenvalue weighted by atomic mass is 9.98. The van der Waals surface area contributed by atoms with Gasteiger partial charge in [-0.1, -0.05) is 41.1 Å². The van der Waals surface area contributed by atoms with E-state index in [1.54, 1.807) is 23.9 Å². The van der Waals surface area contributed by atoms with Gasteiger partial charge in [-0.15, -0.1) is 11.8 Å². The molecule has 0 saturated heterocycles. The van der Waals surface area contributed by atoms with Crippen LogP contribution in [0.4, 0.5) is 4.39 Å². The standard InChI is InChI=1S/C17H19BrFNS/c1-3-20-16(14-6-4-5-7-17(14)21-2)11-12-10-13(19)8-9-15(12)18/h4-10,16,20H,3,11H2,1-2H3. The molecule has 0 aliphatic carbocycles. The molecule has 1 atom stereocenters. The molecule has 4 heteroatoms. The molecule has 1 N–H and O–H groups in total. The van der Waals surface area contributed by atoms with Gasteiger partial charge in [-0.25, -0.2) is 4.39 Å². The van der Waals surface area contributed by atoms with Crippen LogP contribution >= 0.6 is 27.7 Å². The van der Waals surface area contributed by atoms with Crippen molar-refractivity contribution < 1.29 is 4.39 Å². The summed E-state index contributed by atoms with van der Waals surface area (Å²) in [5.41, 5.74) is 2.25. The number of halogens is 2. The zero-order valence-corrected chi connectivity index (χ0v) is 14.6. The largest absolute Gasteiger partial charge is 0.310 e. The molecule has 0 aliphatic heterocycles. The predicted molar refractivity (Wildman–Crippen MR) is 92.4 cm³/mol. The van der Waals surface area contributed by atoms with Crippen LogP contribution in [-0.2, 0) is 6.42 Å². The number of benzene rings is 2. The number of nitrogens with one attached hydrogen (secondary N) is 1. The van der Waals surface area contributed by atoms with Crippen molar-refractivity contribution in [2.45, 2.75) is 24.3 Å². The van der Waals surface area contributed by atoms with E-state index in [1.165, 1.54) is 16.5 Å². The van der Waals surface area contributed by atoms with E-state index in [-0.39, 0.29) is 11.9 Å². The topological polar surface area (TPSA) is 12.0 Å². The Kier molecular flexibility index (Phi) is 6.27. The molecule has 1 unspecified atom stereocenters. The highest BCUT2D eigenvalue weighted by Crippen LogP contribution is 2.30. The summed E-state index contributed by atoms with van der Waals surface area (Å²) in [6.07, 6.45) is 2.84. The number of likely N-dealkylation sites (N-methyl/N-ethyl adjacent to an activating group) is 1. The van der Waals surface area contributed by atoms with E-state index in [9.17, 15) is 4.39 Å². The van der Waals surface area contributed by atoms with Crippen LogP contribution in [0.25, 0.3) is 0 Å². The first-order chi connectivity index (χ1) is 10.2. The van der Waals surface area contributed by atoms with Crippen LogP contribution < -0.4 is 5.32 Å². The second-order valence-corrected chi connectivity index (χ2v) is 6.49. The maximum Gasteiger partial charge on any atom is 0.123 e. The van der Waals surface area contributed by atoms with E-state index in [2.05, 4.69) is 58.7 Å². The smallest absolute Gasteiger partial charge is 0.123 e. The van der Waals surface area contributed by atoms with Crippen LogP contribution in [0.3, 0.4) is 0 Å². The van der Waals surface area contributed by atoms with Gasteiger partial charge in [0, 0.05) is 15.4 Å². The van der Waals surface area contributed by atoms with Crippen molar-refractivity contribution in [3.05, 3.63) is 63.9 Å². The lowest BCUT2D eigenvalue weighted by Crippen LogP contribution is -2.23. The third kappa shape index (κ3) is 4.31. The molecule has 0 amide bonds. The maximum atomic E-state index is 13.5. The van der Waals surface area contributed by atoms with Gasteiger partial charge in [0.1, 0.15) is 5.82 Å². The summed E-state index contributed by atoms with van der Waals surface area (Å²) in [6.45, 7) is 2.97. The average Bonchev–Trinajstić information content (AvgIpc) is 2.50. The van der Waals surface area contributed by atoms with Gasteiger partial charge in [0.25, 0.3) is 0 Å². The molecule has 1 nitrogen and oxygen atoms in total. The van der Waals surface area contributed by atoms with Crippen LogP contribution in [0.5, 0.6) is 0 Å². The summed E-state index contributed by atoms with van der Waals surface area (Å²) in [5.74, 6) is -0.193. The number of hydrogen-bond acceptors (Lipinski definition) is 2. The molecule has 0 bridgehead atoms. The summed E-state index contributed by atoms with van der Waals surface area (Å²) < 4.78 is 14.4. The molecule has 2 aromatic carbocycles. The minimum Gasteiger partial charge on any atom is -0.310 e. The zero-order valence-electron chi connectivity index (χ0n) is 12.2. The lowest BCUT2D eigenvalue weighted by molar-refractivity contribution is 0.538. The Bertz CT molecular complexity index is 603. The van der Waals surface area contributed by atoms with Crippen molar-refractivity contribution in [2.75, 3.05) is 12.8 Å². The van der Waals surface area contributed by atoms with Gasteiger partial charge in [-0.2, -0.15) is 0 Å². The molecular formula is C17H19BrFNS. The quantitative estimate of drug-likeness (QED) is 0.703. The molecule has 0 aromatic heterocycles. The van der Waals surface area contributed by atoms with E-state index >= 15 is 0 Å². The van der Waals surface area contributed by atoms with Crippen LogP contribution in [0.2, 0.25) is 0 Å². The minimum atomic E-state index is -0.193. The van der Waals surface area contributed by atoms with Crippen LogP contribution in [0.1, 0.15) is 24.1 Å². The summed E-state index contributed by atoms with van der Waals surface area (Å²) >= 11 is 5.26. The molecule has 0 fully saturated rings. The monoisotopic (exact) mass is 367 g/mol. The van der Waals surface area contributed by atoms with Crippen molar-refractivity contribution in [2.24, 2.45) is 0 Å². The molecule has 21 heavy (non-hydrogen) atoms. The fraction of sp³-hybridized carbons (Fsp3) is 0.294. The maximum absolute atomic E-state index is 13.5. The van der Waals surface area contributed by atoms with E-state index in [0.717, 1.165) is 23.0 Å². The van der Waals surface area contributed by atoms with Gasteiger partial charge >= 0.3 is 0 Å². The second-order valence-electron chi connectivity index (χ2n) is 4.79. The molecule has 112 valence electrons. The van der Waals surface area contributed by atoms with Gasteiger partial charge in [0.2, 0.25) is 0 Å². The van der Waals surface area contributed by atoms with E-state index in [4.69, 9.17) is 0 Å². The Balaban J connectivity index is 2.33. The fourth-order valence-corrected chi connectivity index (χ4v) is 3.48. The Morgan fingerprint density at radius 1 is 1.24 bits per heavy atom. The molecule has 0 aliphatic rings. The van der Waals surface area contributed by atoms with Crippen molar-refractivity contribution in [3.63, 3.8) is 0 Å². The summed E-state index contributed by atoms with van der Waals surface area (Å²) in [5, 5.41) is 3.51. The average molecular weight is 368 g/mol. The molecule has 0 saturated carbocycles. The minimum absolute atomic E-state index is 0.178. The van der Waals surface area contributed by atoms with Gasteiger partial charge in [-0.05, 0) is 54.6 Å². The first kappa shape index (κ1) is 16.5. The van der Waals surface area contributed by atoms with E-state index < -0.39 is 0 Å². The molecule has 2 aromatic rings. The van der Waals surface area contributed by atoms with Crippen molar-refractivity contribution in [1.29, 1.82) is 0 Å². The third-order valence-corrected chi connectivity index (χ3v) is 4.98. The second kappa shape index (κ2) is 7.97. The number of rotatable bonds is 6. The summed E-state index contributed by atoms with van der Waals surface area (Å²) in [4.78, 5) is 1.26. The van der Waals surface area contributed by atoms with Crippen molar-refractivity contribution in [1.82, 2.24) is 5.32 Å². The molecular weight excluding hydrogens is 349 g/mol. The Morgan fingerprint density at radius 2 is 2.00 bits per heavy atom. The van der Waals surface area contributed by atoms with Crippen LogP contribution in [0.15, 0.2) is 51.8 Å². The summed E-state index contributed by atoms with van der Waals surface area (Å²) in [6, 6.07) is 13.4. The molecule has 0 heterocycles. The SMILES string of the molecule is CCNC(Cc1cc(F)ccc1Br)c1ccccc1SC. The number of thioether (sulfide) groups is 1. The van der Waals surface area contributed by atoms with E-state index in [0.29, 0.717) is 0 Å². The zero-order chi connectivity index (χ0) is 15.2. The first-order valence-electron chi connectivity index (χ1n) is 6.96. The Labute approximate surface area is 138 Å². The van der Waals surface area contributed by atoms with Gasteiger partial charge in [-0.3, -0.25) is 0 Å². The van der Waals surface area contributed by atoms with Crippen LogP contribution in [-0.4, -0.2) is 12.8 Å². The van der Waals surface area contributed by atoms with Gasteiger partial charge in [0.15, 0.2) is 0 Å². The first-order valence-corrected chi connectivity index (χ1v) is 8.97. The van der Waals surface area contributed by atoms with E-state index in [1.807, 2.05) is 0 Å². The van der Waals surface area contributed by atoms with Gasteiger partial charge < -0.3 is 5.32 Å². The molecule has 0 spiro atoms. The molecule has 2 rings (SSSR count). The normalized spacial score (nSPS) is 12.4. The summed E-state index contributed by atoms with van der Waals surface area (Å²) in [7, 11) is 0. The Hall–Kier alpha value is -0.840. The molecule has 0 radical (unpaired) electrons. The van der Waals surface area contributed by atoms with Crippen molar-refractivity contribution >= 4 is 27.7 Å². The Morgan fingerprint density at radius 3 is 2.71 bits per heavy atom. The fourth-order valence-electron chi connectivity index (χ4n) is 2.41. The third-order valence-electron chi connectivity index (χ3n) is 3.40. The highest BCUT2D eigenvalue weighted by Gasteiger charge is 2.16. The highest BCUT2D eigenvalue weighted by atomic mass is 79.9. The van der Waals surface area contributed by atoms with Gasteiger partial charge in [0.05, 0.1) is 0 Å². The highest BCUT2D eigenvalue weighted by molar-refractivity contribution is 9.10. The predicted octanol–water partition coefficient (Wildman–Crippen LogP) is 5.20. The lowest BCUT2D eigenvalue weighted by Gasteiger charge is -2.21. The number of hydrogen-bond donors (Lipinski definition) is 1.